The van der Waals surface area contributed by atoms with Gasteiger partial charge in [-0.25, -0.2) is 0 Å². The fourth-order valence-electron chi connectivity index (χ4n) is 2.41. The minimum atomic E-state index is -5.06. The summed E-state index contributed by atoms with van der Waals surface area (Å²) in [6.07, 6.45) is -6.26. The summed E-state index contributed by atoms with van der Waals surface area (Å²) in [5.41, 5.74) is -1.52. The molecule has 1 aromatic carbocycles. The maximum atomic E-state index is 13.4. The predicted octanol–water partition coefficient (Wildman–Crippen LogP) is 3.98. The minimum Gasteiger partial charge on any atom is -0.463 e. The number of alkyl halides is 3. The van der Waals surface area contributed by atoms with E-state index in [0.29, 0.717) is 16.8 Å². The number of aliphatic hydroxyl groups is 1. The van der Waals surface area contributed by atoms with Crippen molar-refractivity contribution in [2.24, 2.45) is 0 Å². The number of amides is 1. The lowest BCUT2D eigenvalue weighted by molar-refractivity contribution is -0.272. The molecule has 2 N–H and O–H groups in total. The summed E-state index contributed by atoms with van der Waals surface area (Å²) in [6.45, 7) is 4.92. The lowest BCUT2D eigenvalue weighted by atomic mass is 9.95. The van der Waals surface area contributed by atoms with Gasteiger partial charge >= 0.3 is 6.18 Å². The molecule has 0 saturated heterocycles. The third kappa shape index (κ3) is 3.46. The van der Waals surface area contributed by atoms with Crippen LogP contribution in [-0.4, -0.2) is 17.2 Å². The molecule has 0 aliphatic carbocycles. The molecule has 130 valence electrons. The van der Waals surface area contributed by atoms with Gasteiger partial charge in [0.2, 0.25) is 11.5 Å². The van der Waals surface area contributed by atoms with Crippen molar-refractivity contribution in [3.8, 4) is 0 Å². The summed E-state index contributed by atoms with van der Waals surface area (Å²) in [5.74, 6) is -1.45. The molecule has 4 nitrogen and oxygen atoms in total. The molecule has 1 unspecified atom stereocenters. The highest BCUT2D eigenvalue weighted by atomic mass is 19.4. The van der Waals surface area contributed by atoms with Crippen molar-refractivity contribution in [2.75, 3.05) is 5.32 Å². The number of rotatable bonds is 4. The molecule has 1 aromatic heterocycles. The van der Waals surface area contributed by atoms with Crippen LogP contribution in [0.15, 0.2) is 34.7 Å². The Morgan fingerprint density at radius 1 is 1.12 bits per heavy atom. The molecule has 0 spiro atoms. The standard InChI is InChI=1S/C17H18F3NO3/c1-10-5-4-6-11(2)15(10)21-14(22)9-16(23,17(18,19)20)13-8-7-12(3)24-13/h4-8,23H,9H2,1-3H3,(H,21,22). The first-order chi connectivity index (χ1) is 11.0. The number of hydrogen-bond acceptors (Lipinski definition) is 3. The van der Waals surface area contributed by atoms with E-state index in [-0.39, 0.29) is 5.76 Å². The Bertz CT molecular complexity index is 732. The van der Waals surface area contributed by atoms with E-state index in [2.05, 4.69) is 5.32 Å². The quantitative estimate of drug-likeness (QED) is 0.884. The van der Waals surface area contributed by atoms with Crippen LogP contribution in [0.3, 0.4) is 0 Å². The van der Waals surface area contributed by atoms with E-state index in [1.807, 2.05) is 0 Å². The van der Waals surface area contributed by atoms with Crippen molar-refractivity contribution in [1.29, 1.82) is 0 Å². The molecule has 0 radical (unpaired) electrons. The number of halogens is 3. The molecule has 0 saturated carbocycles. The Balaban J connectivity index is 2.29. The van der Waals surface area contributed by atoms with E-state index in [1.54, 1.807) is 32.0 Å². The van der Waals surface area contributed by atoms with Crippen LogP contribution in [0.1, 0.15) is 29.1 Å². The summed E-state index contributed by atoms with van der Waals surface area (Å²) in [5, 5.41) is 12.6. The predicted molar refractivity (Wildman–Crippen MR) is 82.6 cm³/mol. The van der Waals surface area contributed by atoms with Gasteiger partial charge in [0.15, 0.2) is 0 Å². The summed E-state index contributed by atoms with van der Waals surface area (Å²) in [6, 6.07) is 7.56. The number of benzene rings is 1. The topological polar surface area (TPSA) is 62.5 Å². The van der Waals surface area contributed by atoms with Crippen molar-refractivity contribution in [1.82, 2.24) is 0 Å². The van der Waals surface area contributed by atoms with E-state index in [1.165, 1.54) is 13.0 Å². The number of para-hydroxylation sites is 1. The van der Waals surface area contributed by atoms with Crippen LogP contribution in [0.4, 0.5) is 18.9 Å². The van der Waals surface area contributed by atoms with E-state index >= 15 is 0 Å². The van der Waals surface area contributed by atoms with Gasteiger partial charge in [-0.1, -0.05) is 18.2 Å². The number of nitrogens with one attached hydrogen (secondary N) is 1. The second-order valence-corrected chi connectivity index (χ2v) is 5.76. The molecular weight excluding hydrogens is 323 g/mol. The van der Waals surface area contributed by atoms with Gasteiger partial charge in [0.25, 0.3) is 0 Å². The zero-order valence-electron chi connectivity index (χ0n) is 13.5. The second-order valence-electron chi connectivity index (χ2n) is 5.76. The maximum Gasteiger partial charge on any atom is 0.425 e. The molecule has 7 heteroatoms. The molecule has 0 aliphatic heterocycles. The van der Waals surface area contributed by atoms with E-state index in [4.69, 9.17) is 4.42 Å². The van der Waals surface area contributed by atoms with Crippen molar-refractivity contribution in [2.45, 2.75) is 39.0 Å². The lowest BCUT2D eigenvalue weighted by Crippen LogP contribution is -2.44. The number of carbonyl (C=O) groups excluding carboxylic acids is 1. The van der Waals surface area contributed by atoms with Gasteiger partial charge < -0.3 is 14.8 Å². The third-order valence-corrected chi connectivity index (χ3v) is 3.78. The van der Waals surface area contributed by atoms with Gasteiger partial charge in [-0.2, -0.15) is 13.2 Å². The van der Waals surface area contributed by atoms with Gasteiger partial charge in [0, 0.05) is 5.69 Å². The molecule has 24 heavy (non-hydrogen) atoms. The monoisotopic (exact) mass is 341 g/mol. The normalized spacial score (nSPS) is 14.3. The minimum absolute atomic E-state index is 0.211. The SMILES string of the molecule is Cc1ccc(C(O)(CC(=O)Nc2c(C)cccc2C)C(F)(F)F)o1. The van der Waals surface area contributed by atoms with Crippen LogP contribution in [0, 0.1) is 20.8 Å². The highest BCUT2D eigenvalue weighted by Gasteiger charge is 2.58. The number of carbonyl (C=O) groups is 1. The fraction of sp³-hybridized carbons (Fsp3) is 0.353. The Labute approximate surface area is 137 Å². The summed E-state index contributed by atoms with van der Waals surface area (Å²) < 4.78 is 45.0. The first kappa shape index (κ1) is 18.1. The van der Waals surface area contributed by atoms with Crippen LogP contribution in [0.5, 0.6) is 0 Å². The highest BCUT2D eigenvalue weighted by Crippen LogP contribution is 2.42. The Morgan fingerprint density at radius 2 is 1.71 bits per heavy atom. The average Bonchev–Trinajstić information content (AvgIpc) is 2.89. The fourth-order valence-corrected chi connectivity index (χ4v) is 2.41. The Morgan fingerprint density at radius 3 is 2.17 bits per heavy atom. The van der Waals surface area contributed by atoms with Gasteiger partial charge in [0.1, 0.15) is 11.5 Å². The molecule has 2 rings (SSSR count). The van der Waals surface area contributed by atoms with E-state index < -0.39 is 29.9 Å². The summed E-state index contributed by atoms with van der Waals surface area (Å²) >= 11 is 0. The van der Waals surface area contributed by atoms with Crippen LogP contribution >= 0.6 is 0 Å². The summed E-state index contributed by atoms with van der Waals surface area (Å²) in [7, 11) is 0. The number of aryl methyl sites for hydroxylation is 3. The smallest absolute Gasteiger partial charge is 0.425 e. The first-order valence-corrected chi connectivity index (χ1v) is 7.26. The van der Waals surface area contributed by atoms with E-state index in [9.17, 15) is 23.1 Å². The molecule has 1 atom stereocenters. The first-order valence-electron chi connectivity index (χ1n) is 7.26. The van der Waals surface area contributed by atoms with Crippen molar-refractivity contribution in [3.63, 3.8) is 0 Å². The largest absolute Gasteiger partial charge is 0.463 e. The van der Waals surface area contributed by atoms with Crippen LogP contribution < -0.4 is 5.32 Å². The van der Waals surface area contributed by atoms with Crippen molar-refractivity contribution < 1.29 is 27.5 Å². The van der Waals surface area contributed by atoms with Crippen LogP contribution in [-0.2, 0) is 10.4 Å². The Hall–Kier alpha value is -2.28. The van der Waals surface area contributed by atoms with E-state index in [0.717, 1.165) is 6.07 Å². The van der Waals surface area contributed by atoms with Crippen molar-refractivity contribution >= 4 is 11.6 Å². The zero-order valence-corrected chi connectivity index (χ0v) is 13.5. The molecule has 1 heterocycles. The average molecular weight is 341 g/mol. The number of furan rings is 1. The summed E-state index contributed by atoms with van der Waals surface area (Å²) in [4.78, 5) is 12.1. The van der Waals surface area contributed by atoms with Gasteiger partial charge in [-0.15, -0.1) is 0 Å². The third-order valence-electron chi connectivity index (χ3n) is 3.78. The maximum absolute atomic E-state index is 13.4. The molecule has 1 amide bonds. The van der Waals surface area contributed by atoms with Gasteiger partial charge in [0.05, 0.1) is 6.42 Å². The number of anilines is 1. The molecule has 0 fully saturated rings. The molecule has 0 bridgehead atoms. The molecular formula is C17H18F3NO3. The molecule has 2 aromatic rings. The highest BCUT2D eigenvalue weighted by molar-refractivity contribution is 5.93. The molecule has 0 aliphatic rings. The number of hydrogen-bond donors (Lipinski definition) is 2. The van der Waals surface area contributed by atoms with Crippen LogP contribution in [0.2, 0.25) is 0 Å². The zero-order chi connectivity index (χ0) is 18.1. The van der Waals surface area contributed by atoms with Crippen molar-refractivity contribution in [3.05, 3.63) is 53.0 Å². The Kier molecular flexibility index (Phi) is 4.75. The van der Waals surface area contributed by atoms with Gasteiger partial charge in [-0.3, -0.25) is 4.79 Å². The second kappa shape index (κ2) is 6.32. The van der Waals surface area contributed by atoms with Gasteiger partial charge in [-0.05, 0) is 44.0 Å². The van der Waals surface area contributed by atoms with Crippen LogP contribution in [0.25, 0.3) is 0 Å². The lowest BCUT2D eigenvalue weighted by Gasteiger charge is -2.28.